The molecule has 0 aliphatic heterocycles. The lowest BCUT2D eigenvalue weighted by Crippen LogP contribution is -2.14. The topological polar surface area (TPSA) is 62.0 Å². The Morgan fingerprint density at radius 2 is 1.83 bits per heavy atom. The lowest BCUT2D eigenvalue weighted by molar-refractivity contribution is 0.102. The Kier molecular flexibility index (Phi) is 3.28. The monoisotopic (exact) mass is 242 g/mol. The lowest BCUT2D eigenvalue weighted by Gasteiger charge is -2.10. The first-order chi connectivity index (χ1) is 8.61. The van der Waals surface area contributed by atoms with Gasteiger partial charge in [0, 0.05) is 5.69 Å². The quantitative estimate of drug-likeness (QED) is 0.813. The number of nitrogens with one attached hydrogen (secondary N) is 2. The molecular weight excluding hydrogens is 228 g/mol. The summed E-state index contributed by atoms with van der Waals surface area (Å²) in [5.41, 5.74) is 3.59. The van der Waals surface area contributed by atoms with E-state index >= 15 is 0 Å². The minimum Gasteiger partial charge on any atom is -0.348 e. The molecule has 0 spiro atoms. The predicted octanol–water partition coefficient (Wildman–Crippen LogP) is 2.70. The Hall–Kier alpha value is -2.36. The van der Waals surface area contributed by atoms with Gasteiger partial charge in [-0.15, -0.1) is 0 Å². The Bertz CT molecular complexity index is 579. The molecule has 0 bridgehead atoms. The fraction of sp³-hybridized carbons (Fsp3) is 0.143. The summed E-state index contributed by atoms with van der Waals surface area (Å²) in [7, 11) is 0. The summed E-state index contributed by atoms with van der Waals surface area (Å²) in [5, 5.41) is 2.85. The third kappa shape index (κ3) is 2.32. The summed E-state index contributed by atoms with van der Waals surface area (Å²) in [5.74, 6) is -0.250. The van der Waals surface area contributed by atoms with Crippen molar-refractivity contribution in [2.75, 3.05) is 5.32 Å². The first-order valence-corrected chi connectivity index (χ1v) is 5.63. The number of carbonyl (C=O) groups is 2. The van der Waals surface area contributed by atoms with Crippen LogP contribution in [0.15, 0.2) is 30.3 Å². The van der Waals surface area contributed by atoms with Gasteiger partial charge in [0.25, 0.3) is 5.91 Å². The maximum Gasteiger partial charge on any atom is 0.272 e. The third-order valence-corrected chi connectivity index (χ3v) is 2.80. The number of hydrogen-bond donors (Lipinski definition) is 2. The Morgan fingerprint density at radius 3 is 2.39 bits per heavy atom. The Balaban J connectivity index is 2.23. The number of rotatable bonds is 3. The van der Waals surface area contributed by atoms with E-state index in [0.717, 1.165) is 16.8 Å². The molecule has 2 rings (SSSR count). The molecule has 0 aliphatic carbocycles. The summed E-state index contributed by atoms with van der Waals surface area (Å²) < 4.78 is 0. The van der Waals surface area contributed by atoms with Crippen LogP contribution in [0.2, 0.25) is 0 Å². The average Bonchev–Trinajstić information content (AvgIpc) is 2.82. The number of aromatic amines is 1. The van der Waals surface area contributed by atoms with Gasteiger partial charge in [0.05, 0.1) is 5.69 Å². The number of anilines is 1. The zero-order valence-electron chi connectivity index (χ0n) is 10.3. The van der Waals surface area contributed by atoms with E-state index in [1.54, 1.807) is 12.1 Å². The molecule has 0 radical (unpaired) electrons. The first-order valence-electron chi connectivity index (χ1n) is 5.63. The van der Waals surface area contributed by atoms with Gasteiger partial charge >= 0.3 is 0 Å². The van der Waals surface area contributed by atoms with E-state index in [1.165, 1.54) is 0 Å². The van der Waals surface area contributed by atoms with Crippen LogP contribution in [0.3, 0.4) is 0 Å². The van der Waals surface area contributed by atoms with E-state index in [-0.39, 0.29) is 5.91 Å². The molecular formula is C14H14N2O2. The van der Waals surface area contributed by atoms with Crippen molar-refractivity contribution in [2.24, 2.45) is 0 Å². The van der Waals surface area contributed by atoms with Crippen LogP contribution in [0.4, 0.5) is 5.69 Å². The SMILES string of the molecule is Cc1cccc(C)c1NC(=O)c1ccc(C=O)[nH]1. The molecule has 4 nitrogen and oxygen atoms in total. The van der Waals surface area contributed by atoms with E-state index in [9.17, 15) is 9.59 Å². The van der Waals surface area contributed by atoms with Gasteiger partial charge in [-0.05, 0) is 37.1 Å². The predicted molar refractivity (Wildman–Crippen MR) is 70.0 cm³/mol. The summed E-state index contributed by atoms with van der Waals surface area (Å²) in [6, 6.07) is 8.99. The normalized spacial score (nSPS) is 10.1. The lowest BCUT2D eigenvalue weighted by atomic mass is 10.1. The highest BCUT2D eigenvalue weighted by Crippen LogP contribution is 2.20. The van der Waals surface area contributed by atoms with Crippen LogP contribution < -0.4 is 5.32 Å². The van der Waals surface area contributed by atoms with Gasteiger partial charge in [-0.2, -0.15) is 0 Å². The molecule has 0 aliphatic rings. The zero-order chi connectivity index (χ0) is 13.1. The number of H-pyrrole nitrogens is 1. The van der Waals surface area contributed by atoms with E-state index in [0.29, 0.717) is 17.7 Å². The highest BCUT2D eigenvalue weighted by Gasteiger charge is 2.11. The molecule has 1 heterocycles. The minimum atomic E-state index is -0.250. The highest BCUT2D eigenvalue weighted by molar-refractivity contribution is 6.04. The molecule has 0 unspecified atom stereocenters. The van der Waals surface area contributed by atoms with Crippen molar-refractivity contribution in [3.05, 3.63) is 52.8 Å². The van der Waals surface area contributed by atoms with Crippen molar-refractivity contribution >= 4 is 17.9 Å². The largest absolute Gasteiger partial charge is 0.348 e. The van der Waals surface area contributed by atoms with Gasteiger partial charge in [0.15, 0.2) is 6.29 Å². The zero-order valence-corrected chi connectivity index (χ0v) is 10.3. The summed E-state index contributed by atoms with van der Waals surface area (Å²) >= 11 is 0. The molecule has 0 saturated heterocycles. The molecule has 1 aromatic carbocycles. The average molecular weight is 242 g/mol. The molecule has 92 valence electrons. The van der Waals surface area contributed by atoms with Crippen LogP contribution in [0, 0.1) is 13.8 Å². The molecule has 0 fully saturated rings. The number of para-hydroxylation sites is 1. The van der Waals surface area contributed by atoms with Gasteiger partial charge in [-0.25, -0.2) is 0 Å². The fourth-order valence-corrected chi connectivity index (χ4v) is 1.81. The van der Waals surface area contributed by atoms with Crippen molar-refractivity contribution in [3.8, 4) is 0 Å². The second-order valence-electron chi connectivity index (χ2n) is 4.17. The highest BCUT2D eigenvalue weighted by atomic mass is 16.2. The van der Waals surface area contributed by atoms with Crippen LogP contribution in [0.25, 0.3) is 0 Å². The number of aldehydes is 1. The number of amides is 1. The Labute approximate surface area is 105 Å². The standard InChI is InChI=1S/C14H14N2O2/c1-9-4-3-5-10(2)13(9)16-14(18)12-7-6-11(8-17)15-12/h3-8,15H,1-2H3,(H,16,18). The second kappa shape index (κ2) is 4.87. The molecule has 0 atom stereocenters. The van der Waals surface area contributed by atoms with E-state index in [1.807, 2.05) is 32.0 Å². The van der Waals surface area contributed by atoms with E-state index in [4.69, 9.17) is 0 Å². The number of benzene rings is 1. The Morgan fingerprint density at radius 1 is 1.17 bits per heavy atom. The number of aromatic nitrogens is 1. The number of carbonyl (C=O) groups excluding carboxylic acids is 2. The van der Waals surface area contributed by atoms with E-state index < -0.39 is 0 Å². The van der Waals surface area contributed by atoms with Gasteiger partial charge in [-0.1, -0.05) is 18.2 Å². The molecule has 1 amide bonds. The molecule has 18 heavy (non-hydrogen) atoms. The van der Waals surface area contributed by atoms with Crippen molar-refractivity contribution in [1.82, 2.24) is 4.98 Å². The molecule has 2 N–H and O–H groups in total. The maximum atomic E-state index is 12.0. The number of hydrogen-bond acceptors (Lipinski definition) is 2. The van der Waals surface area contributed by atoms with Crippen molar-refractivity contribution in [2.45, 2.75) is 13.8 Å². The van der Waals surface area contributed by atoms with Gasteiger partial charge in [0.1, 0.15) is 5.69 Å². The van der Waals surface area contributed by atoms with Crippen LogP contribution in [-0.4, -0.2) is 17.2 Å². The molecule has 0 saturated carbocycles. The van der Waals surface area contributed by atoms with Crippen LogP contribution >= 0.6 is 0 Å². The summed E-state index contributed by atoms with van der Waals surface area (Å²) in [4.78, 5) is 25.3. The van der Waals surface area contributed by atoms with Crippen molar-refractivity contribution in [3.63, 3.8) is 0 Å². The molecule has 2 aromatic rings. The van der Waals surface area contributed by atoms with Crippen LogP contribution in [0.5, 0.6) is 0 Å². The second-order valence-corrected chi connectivity index (χ2v) is 4.17. The molecule has 4 heteroatoms. The van der Waals surface area contributed by atoms with Gasteiger partial charge in [0.2, 0.25) is 0 Å². The number of aryl methyl sites for hydroxylation is 2. The van der Waals surface area contributed by atoms with E-state index in [2.05, 4.69) is 10.3 Å². The van der Waals surface area contributed by atoms with Crippen molar-refractivity contribution < 1.29 is 9.59 Å². The van der Waals surface area contributed by atoms with Gasteiger partial charge < -0.3 is 10.3 Å². The van der Waals surface area contributed by atoms with Crippen LogP contribution in [-0.2, 0) is 0 Å². The fourth-order valence-electron chi connectivity index (χ4n) is 1.81. The van der Waals surface area contributed by atoms with Crippen LogP contribution in [0.1, 0.15) is 32.1 Å². The summed E-state index contributed by atoms with van der Waals surface area (Å²) in [6.07, 6.45) is 0.676. The third-order valence-electron chi connectivity index (χ3n) is 2.80. The maximum absolute atomic E-state index is 12.0. The summed E-state index contributed by atoms with van der Waals surface area (Å²) in [6.45, 7) is 3.88. The first kappa shape index (κ1) is 12.1. The van der Waals surface area contributed by atoms with Gasteiger partial charge in [-0.3, -0.25) is 9.59 Å². The van der Waals surface area contributed by atoms with Crippen molar-refractivity contribution in [1.29, 1.82) is 0 Å². The smallest absolute Gasteiger partial charge is 0.272 e. The minimum absolute atomic E-state index is 0.250. The molecule has 1 aromatic heterocycles.